The fraction of sp³-hybridized carbons (Fsp3) is 0. The van der Waals surface area contributed by atoms with E-state index in [1.807, 2.05) is 0 Å². The molecule has 0 fully saturated rings. The summed E-state index contributed by atoms with van der Waals surface area (Å²) in [6, 6.07) is 50.3. The summed E-state index contributed by atoms with van der Waals surface area (Å²) in [7, 11) is 0. The first kappa shape index (κ1) is 22.3. The van der Waals surface area contributed by atoms with E-state index in [9.17, 15) is 0 Å². The average molecular weight is 515 g/mol. The minimum absolute atomic E-state index is 0.739. The molecule has 0 N–H and O–H groups in total. The summed E-state index contributed by atoms with van der Waals surface area (Å²) in [4.78, 5) is 0. The number of hydrogen-bond donors (Lipinski definition) is 0. The van der Waals surface area contributed by atoms with Crippen molar-refractivity contribution in [3.8, 4) is 22.3 Å². The Bertz CT molecular complexity index is 2200. The Morgan fingerprint density at radius 2 is 0.795 bits per heavy atom. The highest BCUT2D eigenvalue weighted by Gasteiger charge is 2.13. The van der Waals surface area contributed by atoms with Gasteiger partial charge in [0, 0.05) is 5.02 Å². The van der Waals surface area contributed by atoms with E-state index in [0.29, 0.717) is 0 Å². The highest BCUT2D eigenvalue weighted by molar-refractivity contribution is 6.31. The first-order valence-corrected chi connectivity index (χ1v) is 13.7. The van der Waals surface area contributed by atoms with Crippen LogP contribution in [0.2, 0.25) is 5.02 Å². The van der Waals surface area contributed by atoms with Crippen LogP contribution in [0, 0.1) is 0 Å². The van der Waals surface area contributed by atoms with Crippen molar-refractivity contribution in [2.45, 2.75) is 0 Å². The number of benzene rings is 8. The molecule has 0 spiro atoms. The van der Waals surface area contributed by atoms with Gasteiger partial charge in [-0.3, -0.25) is 0 Å². The van der Waals surface area contributed by atoms with Crippen LogP contribution in [0.15, 0.2) is 140 Å². The summed E-state index contributed by atoms with van der Waals surface area (Å²) < 4.78 is 0. The third-order valence-corrected chi connectivity index (χ3v) is 8.27. The van der Waals surface area contributed by atoms with E-state index in [4.69, 9.17) is 11.6 Å². The van der Waals surface area contributed by atoms with Gasteiger partial charge in [0.25, 0.3) is 0 Å². The monoisotopic (exact) mass is 514 g/mol. The molecule has 0 aliphatic heterocycles. The summed E-state index contributed by atoms with van der Waals surface area (Å²) in [5, 5.41) is 13.4. The molecule has 182 valence electrons. The van der Waals surface area contributed by atoms with E-state index in [-0.39, 0.29) is 0 Å². The van der Waals surface area contributed by atoms with Crippen molar-refractivity contribution < 1.29 is 0 Å². The van der Waals surface area contributed by atoms with E-state index >= 15 is 0 Å². The van der Waals surface area contributed by atoms with Crippen molar-refractivity contribution in [1.29, 1.82) is 0 Å². The normalized spacial score (nSPS) is 11.7. The smallest absolute Gasteiger partial charge is 0.0418 e. The Hall–Kier alpha value is -4.65. The first-order valence-electron chi connectivity index (χ1n) is 13.3. The fourth-order valence-electron chi connectivity index (χ4n) is 6.29. The Labute approximate surface area is 231 Å². The predicted molar refractivity (Wildman–Crippen MR) is 170 cm³/mol. The van der Waals surface area contributed by atoms with Gasteiger partial charge in [-0.15, -0.1) is 0 Å². The molecule has 39 heavy (non-hydrogen) atoms. The van der Waals surface area contributed by atoms with Crippen LogP contribution in [-0.2, 0) is 0 Å². The molecule has 8 aromatic rings. The molecule has 1 heteroatoms. The molecule has 0 unspecified atom stereocenters. The van der Waals surface area contributed by atoms with Crippen molar-refractivity contribution in [3.63, 3.8) is 0 Å². The summed E-state index contributed by atoms with van der Waals surface area (Å²) in [5.74, 6) is 0. The van der Waals surface area contributed by atoms with Gasteiger partial charge in [0.05, 0.1) is 0 Å². The second kappa shape index (κ2) is 8.70. The lowest BCUT2D eigenvalue weighted by atomic mass is 9.90. The zero-order valence-corrected chi connectivity index (χ0v) is 21.9. The third-order valence-electron chi connectivity index (χ3n) is 8.05. The number of hydrogen-bond acceptors (Lipinski definition) is 0. The van der Waals surface area contributed by atoms with E-state index in [1.54, 1.807) is 0 Å². The molecule has 0 radical (unpaired) electrons. The molecule has 0 aliphatic rings. The van der Waals surface area contributed by atoms with Crippen molar-refractivity contribution in [3.05, 3.63) is 145 Å². The Kier molecular flexibility index (Phi) is 4.98. The van der Waals surface area contributed by atoms with Gasteiger partial charge >= 0.3 is 0 Å². The molecule has 0 aromatic heterocycles. The van der Waals surface area contributed by atoms with Crippen molar-refractivity contribution >= 4 is 65.5 Å². The number of halogens is 1. The van der Waals surface area contributed by atoms with Gasteiger partial charge in [-0.2, -0.15) is 0 Å². The molecule has 0 amide bonds. The number of fused-ring (bicyclic) bond motifs is 9. The van der Waals surface area contributed by atoms with Gasteiger partial charge in [-0.25, -0.2) is 0 Å². The Balaban J connectivity index is 1.38. The van der Waals surface area contributed by atoms with Gasteiger partial charge in [0.15, 0.2) is 0 Å². The zero-order chi connectivity index (χ0) is 25.9. The van der Waals surface area contributed by atoms with Crippen molar-refractivity contribution in [1.82, 2.24) is 0 Å². The Morgan fingerprint density at radius 3 is 1.46 bits per heavy atom. The minimum Gasteiger partial charge on any atom is -0.0843 e. The maximum Gasteiger partial charge on any atom is 0.0418 e. The standard InChI is InChI=1S/C38H23Cl/c39-28-20-26(19-27(21-28)37-23-25-9-1-2-10-29(25)30-11-3-7-15-34(30)37)24-17-18-36-33-14-5-4-12-31(33)32-13-6-8-16-35(32)38(36)22-24/h1-23H. The molecule has 0 atom stereocenters. The van der Waals surface area contributed by atoms with Gasteiger partial charge < -0.3 is 0 Å². The molecular weight excluding hydrogens is 492 g/mol. The van der Waals surface area contributed by atoms with E-state index in [2.05, 4.69) is 140 Å². The second-order valence-electron chi connectivity index (χ2n) is 10.3. The van der Waals surface area contributed by atoms with Crippen LogP contribution in [0.25, 0.3) is 76.1 Å². The molecule has 0 bridgehead atoms. The highest BCUT2D eigenvalue weighted by atomic mass is 35.5. The first-order chi connectivity index (χ1) is 19.2. The predicted octanol–water partition coefficient (Wildman–Crippen LogP) is 11.4. The molecule has 0 nitrogen and oxygen atoms in total. The highest BCUT2D eigenvalue weighted by Crippen LogP contribution is 2.40. The quantitative estimate of drug-likeness (QED) is 0.201. The van der Waals surface area contributed by atoms with E-state index in [1.165, 1.54) is 59.4 Å². The maximum atomic E-state index is 6.81. The molecule has 0 heterocycles. The molecule has 8 aromatic carbocycles. The van der Waals surface area contributed by atoms with Gasteiger partial charge in [-0.05, 0) is 106 Å². The Morgan fingerprint density at radius 1 is 0.308 bits per heavy atom. The lowest BCUT2D eigenvalue weighted by molar-refractivity contribution is 1.63. The fourth-order valence-corrected chi connectivity index (χ4v) is 6.53. The van der Waals surface area contributed by atoms with E-state index in [0.717, 1.165) is 21.7 Å². The van der Waals surface area contributed by atoms with Gasteiger partial charge in [0.1, 0.15) is 0 Å². The van der Waals surface area contributed by atoms with Crippen LogP contribution in [0.5, 0.6) is 0 Å². The van der Waals surface area contributed by atoms with E-state index < -0.39 is 0 Å². The van der Waals surface area contributed by atoms with Crippen LogP contribution < -0.4 is 0 Å². The zero-order valence-electron chi connectivity index (χ0n) is 21.2. The van der Waals surface area contributed by atoms with Crippen LogP contribution in [0.4, 0.5) is 0 Å². The van der Waals surface area contributed by atoms with Crippen LogP contribution in [0.1, 0.15) is 0 Å². The van der Waals surface area contributed by atoms with Gasteiger partial charge in [-0.1, -0.05) is 121 Å². The third kappa shape index (κ3) is 3.53. The lowest BCUT2D eigenvalue weighted by Gasteiger charge is -2.14. The van der Waals surface area contributed by atoms with Crippen LogP contribution in [-0.4, -0.2) is 0 Å². The summed E-state index contributed by atoms with van der Waals surface area (Å²) in [5.41, 5.74) is 4.61. The molecular formula is C38H23Cl. The van der Waals surface area contributed by atoms with Crippen molar-refractivity contribution in [2.24, 2.45) is 0 Å². The summed E-state index contributed by atoms with van der Waals surface area (Å²) in [6.07, 6.45) is 0. The minimum atomic E-state index is 0.739. The maximum absolute atomic E-state index is 6.81. The lowest BCUT2D eigenvalue weighted by Crippen LogP contribution is -1.88. The molecule has 0 saturated heterocycles. The average Bonchev–Trinajstić information content (AvgIpc) is 3.00. The second-order valence-corrected chi connectivity index (χ2v) is 10.7. The largest absolute Gasteiger partial charge is 0.0843 e. The molecule has 0 aliphatic carbocycles. The summed E-state index contributed by atoms with van der Waals surface area (Å²) in [6.45, 7) is 0. The van der Waals surface area contributed by atoms with Crippen molar-refractivity contribution in [2.75, 3.05) is 0 Å². The topological polar surface area (TPSA) is 0 Å². The SMILES string of the molecule is Clc1cc(-c2ccc3c4ccccc4c4ccccc4c3c2)cc(-c2cc3ccccc3c3ccccc23)c1. The number of rotatable bonds is 2. The van der Waals surface area contributed by atoms with Crippen LogP contribution >= 0.6 is 11.6 Å². The summed E-state index contributed by atoms with van der Waals surface area (Å²) >= 11 is 6.81. The molecule has 8 rings (SSSR count). The van der Waals surface area contributed by atoms with Gasteiger partial charge in [0.2, 0.25) is 0 Å². The van der Waals surface area contributed by atoms with Crippen LogP contribution in [0.3, 0.4) is 0 Å². The molecule has 0 saturated carbocycles.